The first-order chi connectivity index (χ1) is 18.0. The van der Waals surface area contributed by atoms with E-state index in [-0.39, 0.29) is 11.8 Å². The molecule has 190 valence electrons. The predicted molar refractivity (Wildman–Crippen MR) is 144 cm³/mol. The van der Waals surface area contributed by atoms with Crippen molar-refractivity contribution < 1.29 is 14.3 Å². The lowest BCUT2D eigenvalue weighted by Gasteiger charge is -2.32. The van der Waals surface area contributed by atoms with Crippen LogP contribution in [0.2, 0.25) is 5.02 Å². The van der Waals surface area contributed by atoms with Crippen molar-refractivity contribution in [1.29, 1.82) is 0 Å². The zero-order valence-electron chi connectivity index (χ0n) is 21.1. The smallest absolute Gasteiger partial charge is 0.227 e. The highest BCUT2D eigenvalue weighted by molar-refractivity contribution is 6.30. The van der Waals surface area contributed by atoms with E-state index in [0.717, 1.165) is 47.5 Å². The van der Waals surface area contributed by atoms with Crippen molar-refractivity contribution in [2.45, 2.75) is 39.3 Å². The third-order valence-corrected chi connectivity index (χ3v) is 7.03. The third kappa shape index (κ3) is 5.65. The lowest BCUT2D eigenvalue weighted by molar-refractivity contribution is -0.139. The van der Waals surface area contributed by atoms with Crippen LogP contribution in [0.3, 0.4) is 0 Å². The summed E-state index contributed by atoms with van der Waals surface area (Å²) in [6.07, 6.45) is 2.99. The topological polar surface area (TPSA) is 56.6 Å². The molecule has 1 amide bonds. The number of amides is 1. The van der Waals surface area contributed by atoms with Gasteiger partial charge >= 0.3 is 0 Å². The molecule has 0 spiro atoms. The van der Waals surface area contributed by atoms with Gasteiger partial charge in [-0.2, -0.15) is 5.10 Å². The largest absolute Gasteiger partial charge is 0.497 e. The van der Waals surface area contributed by atoms with Gasteiger partial charge in [-0.3, -0.25) is 4.79 Å². The van der Waals surface area contributed by atoms with Gasteiger partial charge in [0.05, 0.1) is 30.6 Å². The van der Waals surface area contributed by atoms with Crippen LogP contribution in [0.1, 0.15) is 36.1 Å². The van der Waals surface area contributed by atoms with Crippen LogP contribution in [-0.4, -0.2) is 27.7 Å². The second-order valence-corrected chi connectivity index (χ2v) is 9.78. The molecule has 37 heavy (non-hydrogen) atoms. The Hall–Kier alpha value is -3.77. The van der Waals surface area contributed by atoms with Crippen molar-refractivity contribution in [3.8, 4) is 23.1 Å². The number of methoxy groups -OCH3 is 1. The Labute approximate surface area is 222 Å². The van der Waals surface area contributed by atoms with Crippen LogP contribution in [0.4, 0.5) is 0 Å². The van der Waals surface area contributed by atoms with Crippen LogP contribution in [0.5, 0.6) is 17.4 Å². The van der Waals surface area contributed by atoms with Crippen LogP contribution in [0.15, 0.2) is 78.9 Å². The molecule has 1 aliphatic carbocycles. The minimum absolute atomic E-state index is 0.0814. The van der Waals surface area contributed by atoms with Gasteiger partial charge in [0, 0.05) is 17.5 Å². The Bertz CT molecular complexity index is 1360. The highest BCUT2D eigenvalue weighted by Crippen LogP contribution is 2.35. The van der Waals surface area contributed by atoms with Gasteiger partial charge in [-0.25, -0.2) is 4.68 Å². The highest BCUT2D eigenvalue weighted by atomic mass is 35.5. The molecule has 4 aromatic rings. The zero-order valence-corrected chi connectivity index (χ0v) is 21.8. The second kappa shape index (κ2) is 11.1. The van der Waals surface area contributed by atoms with Gasteiger partial charge in [0.2, 0.25) is 11.8 Å². The van der Waals surface area contributed by atoms with E-state index in [1.807, 2.05) is 78.6 Å². The number of carbonyl (C=O) groups is 1. The number of ether oxygens (including phenoxy) is 2. The molecule has 1 saturated carbocycles. The summed E-state index contributed by atoms with van der Waals surface area (Å²) < 4.78 is 13.5. The number of rotatable bonds is 9. The zero-order chi connectivity index (χ0) is 25.8. The fourth-order valence-electron chi connectivity index (χ4n) is 4.48. The molecule has 3 aromatic carbocycles. The third-order valence-electron chi connectivity index (χ3n) is 6.80. The molecule has 0 radical (unpaired) electrons. The number of hydrogen-bond acceptors (Lipinski definition) is 4. The maximum Gasteiger partial charge on any atom is 0.227 e. The van der Waals surface area contributed by atoms with E-state index >= 15 is 0 Å². The van der Waals surface area contributed by atoms with E-state index in [9.17, 15) is 4.79 Å². The fraction of sp³-hybridized carbons (Fsp3) is 0.267. The quantitative estimate of drug-likeness (QED) is 0.242. The van der Waals surface area contributed by atoms with E-state index in [2.05, 4.69) is 12.1 Å². The van der Waals surface area contributed by atoms with E-state index in [0.29, 0.717) is 29.7 Å². The first-order valence-corrected chi connectivity index (χ1v) is 12.9. The van der Waals surface area contributed by atoms with E-state index in [1.165, 1.54) is 0 Å². The first-order valence-electron chi connectivity index (χ1n) is 12.5. The summed E-state index contributed by atoms with van der Waals surface area (Å²) in [7, 11) is 1.63. The van der Waals surface area contributed by atoms with Gasteiger partial charge in [-0.1, -0.05) is 54.4 Å². The molecular weight excluding hydrogens is 486 g/mol. The molecule has 1 heterocycles. The first kappa shape index (κ1) is 24.9. The van der Waals surface area contributed by atoms with Crippen molar-refractivity contribution in [2.24, 2.45) is 5.92 Å². The van der Waals surface area contributed by atoms with Crippen molar-refractivity contribution in [3.63, 3.8) is 0 Å². The van der Waals surface area contributed by atoms with Gasteiger partial charge in [0.1, 0.15) is 11.5 Å². The Morgan fingerprint density at radius 3 is 2.38 bits per heavy atom. The van der Waals surface area contributed by atoms with Crippen molar-refractivity contribution in [2.75, 3.05) is 7.11 Å². The number of aryl methyl sites for hydroxylation is 1. The Kier molecular flexibility index (Phi) is 7.47. The second-order valence-electron chi connectivity index (χ2n) is 9.35. The SMILES string of the molecule is COc1ccc(Oc2c(CN(Cc3ccccc3)C(=O)C3CCC3)c(C)nn2-c2cccc(Cl)c2)cc1. The number of nitrogens with zero attached hydrogens (tertiary/aromatic N) is 3. The Morgan fingerprint density at radius 1 is 1.00 bits per heavy atom. The summed E-state index contributed by atoms with van der Waals surface area (Å²) in [5.74, 6) is 2.21. The molecule has 1 aromatic heterocycles. The molecule has 5 rings (SSSR count). The molecule has 0 bridgehead atoms. The summed E-state index contributed by atoms with van der Waals surface area (Å²) in [6, 6.07) is 25.0. The number of hydrogen-bond donors (Lipinski definition) is 0. The Morgan fingerprint density at radius 2 is 1.73 bits per heavy atom. The predicted octanol–water partition coefficient (Wildman–Crippen LogP) is 6.96. The van der Waals surface area contributed by atoms with Gasteiger partial charge in [-0.15, -0.1) is 0 Å². The van der Waals surface area contributed by atoms with Crippen LogP contribution >= 0.6 is 11.6 Å². The van der Waals surface area contributed by atoms with Crippen LogP contribution in [-0.2, 0) is 17.9 Å². The highest BCUT2D eigenvalue weighted by Gasteiger charge is 2.31. The monoisotopic (exact) mass is 515 g/mol. The molecule has 0 atom stereocenters. The molecule has 0 unspecified atom stereocenters. The van der Waals surface area contributed by atoms with E-state index in [1.54, 1.807) is 11.8 Å². The molecule has 0 saturated heterocycles. The maximum absolute atomic E-state index is 13.5. The summed E-state index contributed by atoms with van der Waals surface area (Å²) in [5.41, 5.74) is 3.53. The van der Waals surface area contributed by atoms with Crippen LogP contribution < -0.4 is 9.47 Å². The molecule has 0 aliphatic heterocycles. The fourth-order valence-corrected chi connectivity index (χ4v) is 4.67. The summed E-state index contributed by atoms with van der Waals surface area (Å²) in [5, 5.41) is 5.43. The van der Waals surface area contributed by atoms with E-state index < -0.39 is 0 Å². The average Bonchev–Trinajstić information content (AvgIpc) is 3.18. The lowest BCUT2D eigenvalue weighted by atomic mass is 9.84. The number of aromatic nitrogens is 2. The Balaban J connectivity index is 1.54. The van der Waals surface area contributed by atoms with Crippen molar-refractivity contribution >= 4 is 17.5 Å². The van der Waals surface area contributed by atoms with Gasteiger partial charge in [0.25, 0.3) is 0 Å². The molecule has 1 aliphatic rings. The van der Waals surface area contributed by atoms with Crippen molar-refractivity contribution in [1.82, 2.24) is 14.7 Å². The molecule has 0 N–H and O–H groups in total. The summed E-state index contributed by atoms with van der Waals surface area (Å²) in [6.45, 7) is 2.87. The minimum atomic E-state index is 0.0814. The number of carbonyl (C=O) groups excluding carboxylic acids is 1. The van der Waals surface area contributed by atoms with Gasteiger partial charge < -0.3 is 14.4 Å². The normalized spacial score (nSPS) is 13.2. The standard InChI is InChI=1S/C30H30ClN3O3/c1-21-28(20-33(29(35)23-10-6-11-23)19-22-8-4-3-5-9-22)30(37-27-16-14-26(36-2)15-17-27)34(32-21)25-13-7-12-24(31)18-25/h3-5,7-9,12-18,23H,6,10-11,19-20H2,1-2H3. The maximum atomic E-state index is 13.5. The van der Waals surface area contributed by atoms with Gasteiger partial charge in [-0.05, 0) is 67.8 Å². The molecular formula is C30H30ClN3O3. The lowest BCUT2D eigenvalue weighted by Crippen LogP contribution is -2.38. The summed E-state index contributed by atoms with van der Waals surface area (Å²) >= 11 is 6.31. The van der Waals surface area contributed by atoms with Crippen LogP contribution in [0, 0.1) is 12.8 Å². The summed E-state index contributed by atoms with van der Waals surface area (Å²) in [4.78, 5) is 15.5. The average molecular weight is 516 g/mol. The molecule has 7 heteroatoms. The van der Waals surface area contributed by atoms with E-state index in [4.69, 9.17) is 26.2 Å². The molecule has 6 nitrogen and oxygen atoms in total. The van der Waals surface area contributed by atoms with Gasteiger partial charge in [0.15, 0.2) is 0 Å². The number of benzene rings is 3. The number of halogens is 1. The molecule has 1 fully saturated rings. The minimum Gasteiger partial charge on any atom is -0.497 e. The van der Waals surface area contributed by atoms with Crippen LogP contribution in [0.25, 0.3) is 5.69 Å². The van der Waals surface area contributed by atoms with Crippen molar-refractivity contribution in [3.05, 3.63) is 101 Å².